The predicted molar refractivity (Wildman–Crippen MR) is 85.4 cm³/mol. The van der Waals surface area contributed by atoms with Gasteiger partial charge in [-0.1, -0.05) is 83.5 Å². The maximum Gasteiger partial charge on any atom is 0.0245 e. The van der Waals surface area contributed by atoms with Gasteiger partial charge in [-0.05, 0) is 11.1 Å². The van der Waals surface area contributed by atoms with Gasteiger partial charge in [0, 0.05) is 24.5 Å². The van der Waals surface area contributed by atoms with Gasteiger partial charge >= 0.3 is 0 Å². The second kappa shape index (κ2) is 7.46. The lowest BCUT2D eigenvalue weighted by molar-refractivity contribution is 0.261. The Labute approximate surface area is 124 Å². The molecule has 0 bridgehead atoms. The highest BCUT2D eigenvalue weighted by atomic mass is 79.9. The normalized spacial score (nSPS) is 12.6. The van der Waals surface area contributed by atoms with Gasteiger partial charge in [-0.2, -0.15) is 0 Å². The van der Waals surface area contributed by atoms with E-state index in [4.69, 9.17) is 0 Å². The Bertz CT molecular complexity index is 426. The molecule has 2 heteroatoms. The van der Waals surface area contributed by atoms with E-state index in [1.54, 1.807) is 0 Å². The van der Waals surface area contributed by atoms with Crippen LogP contribution in [-0.2, 0) is 13.1 Å². The number of halogens is 1. The summed E-state index contributed by atoms with van der Waals surface area (Å²) in [6.07, 6.45) is 0. The van der Waals surface area contributed by atoms with Crippen LogP contribution in [0.2, 0.25) is 0 Å². The highest BCUT2D eigenvalue weighted by Gasteiger charge is 2.09. The van der Waals surface area contributed by atoms with Crippen LogP contribution in [0.4, 0.5) is 0 Å². The number of hydrogen-bond acceptors (Lipinski definition) is 1. The molecule has 0 aliphatic rings. The van der Waals surface area contributed by atoms with E-state index in [1.165, 1.54) is 11.1 Å². The average molecular weight is 318 g/mol. The summed E-state index contributed by atoms with van der Waals surface area (Å²) in [7, 11) is 0. The van der Waals surface area contributed by atoms with Crippen LogP contribution in [0, 0.1) is 0 Å². The third-order valence-electron chi connectivity index (χ3n) is 3.01. The van der Waals surface area contributed by atoms with Crippen LogP contribution < -0.4 is 0 Å². The lowest BCUT2D eigenvalue weighted by Gasteiger charge is -2.24. The van der Waals surface area contributed by atoms with Crippen molar-refractivity contribution in [3.63, 3.8) is 0 Å². The first-order valence-electron chi connectivity index (χ1n) is 6.68. The SMILES string of the molecule is C[C@@H](Br)CN(Cc1ccccc1)Cc1ccccc1. The molecule has 100 valence electrons. The summed E-state index contributed by atoms with van der Waals surface area (Å²) in [6.45, 7) is 5.23. The summed E-state index contributed by atoms with van der Waals surface area (Å²) >= 11 is 3.66. The van der Waals surface area contributed by atoms with Crippen molar-refractivity contribution in [2.45, 2.75) is 24.8 Å². The van der Waals surface area contributed by atoms with Crippen LogP contribution in [0.15, 0.2) is 60.7 Å². The van der Waals surface area contributed by atoms with E-state index in [0.717, 1.165) is 19.6 Å². The molecule has 0 amide bonds. The van der Waals surface area contributed by atoms with E-state index in [-0.39, 0.29) is 0 Å². The highest BCUT2D eigenvalue weighted by Crippen LogP contribution is 2.12. The number of hydrogen-bond donors (Lipinski definition) is 0. The van der Waals surface area contributed by atoms with Crippen molar-refractivity contribution in [1.29, 1.82) is 0 Å². The van der Waals surface area contributed by atoms with Crippen LogP contribution in [0.1, 0.15) is 18.1 Å². The number of benzene rings is 2. The van der Waals surface area contributed by atoms with E-state index in [2.05, 4.69) is 88.4 Å². The summed E-state index contributed by atoms with van der Waals surface area (Å²) < 4.78 is 0. The molecule has 0 spiro atoms. The molecule has 2 aromatic carbocycles. The van der Waals surface area contributed by atoms with Gasteiger partial charge in [-0.3, -0.25) is 4.90 Å². The van der Waals surface area contributed by atoms with Crippen molar-refractivity contribution in [3.8, 4) is 0 Å². The van der Waals surface area contributed by atoms with Crippen LogP contribution in [0.3, 0.4) is 0 Å². The standard InChI is InChI=1S/C17H20BrN/c1-15(18)12-19(13-16-8-4-2-5-9-16)14-17-10-6-3-7-11-17/h2-11,15H,12-14H2,1H3/t15-/m1/s1. The van der Waals surface area contributed by atoms with Crippen LogP contribution in [0.5, 0.6) is 0 Å². The average Bonchev–Trinajstić information content (AvgIpc) is 2.40. The second-order valence-corrected chi connectivity index (χ2v) is 6.48. The monoisotopic (exact) mass is 317 g/mol. The van der Waals surface area contributed by atoms with Crippen LogP contribution >= 0.6 is 15.9 Å². The lowest BCUT2D eigenvalue weighted by Crippen LogP contribution is -2.28. The molecule has 1 nitrogen and oxygen atoms in total. The molecule has 0 aliphatic heterocycles. The molecular weight excluding hydrogens is 298 g/mol. The molecule has 0 unspecified atom stereocenters. The Balaban J connectivity index is 2.03. The first-order chi connectivity index (χ1) is 9.24. The quantitative estimate of drug-likeness (QED) is 0.710. The fourth-order valence-electron chi connectivity index (χ4n) is 2.22. The molecule has 0 aliphatic carbocycles. The first-order valence-corrected chi connectivity index (χ1v) is 7.60. The molecule has 0 saturated carbocycles. The van der Waals surface area contributed by atoms with Crippen molar-refractivity contribution < 1.29 is 0 Å². The van der Waals surface area contributed by atoms with E-state index in [0.29, 0.717) is 4.83 Å². The minimum Gasteiger partial charge on any atom is -0.294 e. The van der Waals surface area contributed by atoms with Crippen molar-refractivity contribution in [1.82, 2.24) is 4.90 Å². The van der Waals surface area contributed by atoms with E-state index >= 15 is 0 Å². The van der Waals surface area contributed by atoms with Gasteiger partial charge in [0.05, 0.1) is 0 Å². The maximum atomic E-state index is 3.66. The zero-order chi connectivity index (χ0) is 13.5. The minimum absolute atomic E-state index is 0.500. The van der Waals surface area contributed by atoms with Crippen molar-refractivity contribution in [2.75, 3.05) is 6.54 Å². The Kier molecular flexibility index (Phi) is 5.62. The smallest absolute Gasteiger partial charge is 0.0245 e. The third kappa shape index (κ3) is 5.17. The van der Waals surface area contributed by atoms with Gasteiger partial charge in [-0.15, -0.1) is 0 Å². The highest BCUT2D eigenvalue weighted by molar-refractivity contribution is 9.09. The van der Waals surface area contributed by atoms with Crippen LogP contribution in [-0.4, -0.2) is 16.3 Å². The van der Waals surface area contributed by atoms with Gasteiger partial charge in [-0.25, -0.2) is 0 Å². The molecule has 1 atom stereocenters. The minimum atomic E-state index is 0.500. The zero-order valence-corrected chi connectivity index (χ0v) is 12.9. The number of alkyl halides is 1. The summed E-state index contributed by atoms with van der Waals surface area (Å²) in [6, 6.07) is 21.3. The van der Waals surface area contributed by atoms with Gasteiger partial charge in [0.15, 0.2) is 0 Å². The lowest BCUT2D eigenvalue weighted by atomic mass is 10.1. The van der Waals surface area contributed by atoms with Crippen LogP contribution in [0.25, 0.3) is 0 Å². The Hall–Kier alpha value is -1.12. The third-order valence-corrected chi connectivity index (χ3v) is 3.30. The summed E-state index contributed by atoms with van der Waals surface area (Å²) in [5.74, 6) is 0. The van der Waals surface area contributed by atoms with Gasteiger partial charge in [0.25, 0.3) is 0 Å². The second-order valence-electron chi connectivity index (χ2n) is 4.92. The van der Waals surface area contributed by atoms with Gasteiger partial charge in [0.2, 0.25) is 0 Å². The zero-order valence-electron chi connectivity index (χ0n) is 11.3. The Morgan fingerprint density at radius 2 is 1.26 bits per heavy atom. The summed E-state index contributed by atoms with van der Waals surface area (Å²) in [5, 5.41) is 0. The fraction of sp³-hybridized carbons (Fsp3) is 0.294. The van der Waals surface area contributed by atoms with Gasteiger partial charge < -0.3 is 0 Å². The Morgan fingerprint density at radius 3 is 1.63 bits per heavy atom. The molecule has 19 heavy (non-hydrogen) atoms. The Morgan fingerprint density at radius 1 is 0.842 bits per heavy atom. The van der Waals surface area contributed by atoms with Gasteiger partial charge in [0.1, 0.15) is 0 Å². The topological polar surface area (TPSA) is 3.24 Å². The number of rotatable bonds is 6. The van der Waals surface area contributed by atoms with Crippen molar-refractivity contribution in [3.05, 3.63) is 71.8 Å². The molecule has 2 aromatic rings. The molecule has 0 radical (unpaired) electrons. The summed E-state index contributed by atoms with van der Waals surface area (Å²) in [5.41, 5.74) is 2.73. The molecule has 0 fully saturated rings. The summed E-state index contributed by atoms with van der Waals surface area (Å²) in [4.78, 5) is 2.98. The van der Waals surface area contributed by atoms with E-state index in [1.807, 2.05) is 0 Å². The maximum absolute atomic E-state index is 3.66. The van der Waals surface area contributed by atoms with E-state index in [9.17, 15) is 0 Å². The van der Waals surface area contributed by atoms with E-state index < -0.39 is 0 Å². The first kappa shape index (κ1) is 14.3. The fourth-order valence-corrected chi connectivity index (χ4v) is 2.63. The van der Waals surface area contributed by atoms with Crippen molar-refractivity contribution >= 4 is 15.9 Å². The molecule has 0 N–H and O–H groups in total. The molecule has 0 aromatic heterocycles. The molecular formula is C17H20BrN. The largest absolute Gasteiger partial charge is 0.294 e. The molecule has 2 rings (SSSR count). The van der Waals surface area contributed by atoms with Crippen molar-refractivity contribution in [2.24, 2.45) is 0 Å². The predicted octanol–water partition coefficient (Wildman–Crippen LogP) is 4.47. The number of nitrogens with zero attached hydrogens (tertiary/aromatic N) is 1. The molecule has 0 heterocycles. The molecule has 0 saturated heterocycles.